The summed E-state index contributed by atoms with van der Waals surface area (Å²) in [7, 11) is 3.31. The van der Waals surface area contributed by atoms with E-state index in [2.05, 4.69) is 19.7 Å². The fourth-order valence-electron chi connectivity index (χ4n) is 4.13. The molecule has 3 aliphatic heterocycles. The topological polar surface area (TPSA) is 85.4 Å². The van der Waals surface area contributed by atoms with Gasteiger partial charge in [0.2, 0.25) is 11.9 Å². The molecule has 0 spiro atoms. The fourth-order valence-corrected chi connectivity index (χ4v) is 4.13. The van der Waals surface area contributed by atoms with E-state index in [4.69, 9.17) is 9.72 Å². The first-order valence-electron chi connectivity index (χ1n) is 10.1. The van der Waals surface area contributed by atoms with Crippen LogP contribution in [0.15, 0.2) is 6.07 Å². The molecule has 10 nitrogen and oxygen atoms in total. The van der Waals surface area contributed by atoms with E-state index in [1.165, 1.54) is 4.90 Å². The first kappa shape index (κ1) is 19.8. The quantitative estimate of drug-likeness (QED) is 0.696. The van der Waals surface area contributed by atoms with Gasteiger partial charge in [0.05, 0.1) is 25.8 Å². The van der Waals surface area contributed by atoms with Crippen LogP contribution in [-0.4, -0.2) is 109 Å². The lowest BCUT2D eigenvalue weighted by Crippen LogP contribution is -2.62. The van der Waals surface area contributed by atoms with Crippen molar-refractivity contribution in [2.45, 2.75) is 19.5 Å². The number of morpholine rings is 1. The van der Waals surface area contributed by atoms with Gasteiger partial charge in [-0.1, -0.05) is 0 Å². The number of amides is 3. The van der Waals surface area contributed by atoms with Crippen LogP contribution in [0, 0.1) is 6.92 Å². The van der Waals surface area contributed by atoms with E-state index in [1.807, 2.05) is 13.0 Å². The highest BCUT2D eigenvalue weighted by molar-refractivity contribution is 5.96. The van der Waals surface area contributed by atoms with Gasteiger partial charge in [0.1, 0.15) is 5.82 Å². The zero-order valence-electron chi connectivity index (χ0n) is 17.4. The van der Waals surface area contributed by atoms with Crippen molar-refractivity contribution in [1.29, 1.82) is 0 Å². The van der Waals surface area contributed by atoms with Crippen molar-refractivity contribution in [2.75, 3.05) is 76.4 Å². The Bertz CT molecular complexity index is 775. The fraction of sp³-hybridized carbons (Fsp3) is 0.684. The zero-order valence-corrected chi connectivity index (χ0v) is 17.4. The number of hydrogen-bond donors (Lipinski definition) is 0. The molecule has 158 valence electrons. The van der Waals surface area contributed by atoms with Gasteiger partial charge in [0.15, 0.2) is 0 Å². The van der Waals surface area contributed by atoms with Gasteiger partial charge >= 0.3 is 6.03 Å². The molecule has 1 aromatic rings. The van der Waals surface area contributed by atoms with Crippen molar-refractivity contribution < 1.29 is 14.3 Å². The molecule has 4 rings (SSSR count). The number of aromatic nitrogens is 2. The average molecular weight is 403 g/mol. The molecule has 3 amide bonds. The highest BCUT2D eigenvalue weighted by Crippen LogP contribution is 2.23. The number of urea groups is 1. The summed E-state index contributed by atoms with van der Waals surface area (Å²) in [5.74, 6) is 1.57. The molecule has 0 aromatic carbocycles. The van der Waals surface area contributed by atoms with Crippen LogP contribution in [-0.2, 0) is 9.53 Å². The number of hydrogen-bond acceptors (Lipinski definition) is 8. The summed E-state index contributed by atoms with van der Waals surface area (Å²) < 4.78 is 5.43. The van der Waals surface area contributed by atoms with Gasteiger partial charge in [-0.3, -0.25) is 14.6 Å². The van der Waals surface area contributed by atoms with E-state index in [9.17, 15) is 9.59 Å². The molecule has 0 bridgehead atoms. The number of aryl methyl sites for hydroxylation is 1. The lowest BCUT2D eigenvalue weighted by molar-refractivity contribution is -0.134. The van der Waals surface area contributed by atoms with Gasteiger partial charge in [-0.15, -0.1) is 0 Å². The van der Waals surface area contributed by atoms with E-state index in [0.717, 1.165) is 56.7 Å². The SMILES string of the molecule is Cc1cc(N2CCN(C3CC(=O)N(C)C(=O)N3C)CC2)nc(N2CCOCC2)n1. The zero-order chi connectivity index (χ0) is 20.5. The van der Waals surface area contributed by atoms with Crippen molar-refractivity contribution in [3.63, 3.8) is 0 Å². The van der Waals surface area contributed by atoms with Gasteiger partial charge in [0, 0.05) is 65.1 Å². The predicted octanol–water partition coefficient (Wildman–Crippen LogP) is -0.0164. The maximum absolute atomic E-state index is 12.3. The number of piperazine rings is 1. The summed E-state index contributed by atoms with van der Waals surface area (Å²) in [4.78, 5) is 43.3. The molecule has 1 unspecified atom stereocenters. The Hall–Kier alpha value is -2.46. The van der Waals surface area contributed by atoms with Gasteiger partial charge in [0.25, 0.3) is 0 Å². The van der Waals surface area contributed by atoms with Gasteiger partial charge in [-0.25, -0.2) is 9.78 Å². The molecular weight excluding hydrogens is 374 g/mol. The van der Waals surface area contributed by atoms with Gasteiger partial charge in [-0.2, -0.15) is 4.98 Å². The number of rotatable bonds is 3. The normalized spacial score (nSPS) is 24.4. The summed E-state index contributed by atoms with van der Waals surface area (Å²) in [5, 5.41) is 0. The van der Waals surface area contributed by atoms with Crippen LogP contribution in [0.1, 0.15) is 12.1 Å². The summed E-state index contributed by atoms with van der Waals surface area (Å²) >= 11 is 0. The van der Waals surface area contributed by atoms with E-state index >= 15 is 0 Å². The van der Waals surface area contributed by atoms with Gasteiger partial charge < -0.3 is 19.4 Å². The number of carbonyl (C=O) groups is 2. The second kappa shape index (κ2) is 8.11. The molecule has 3 fully saturated rings. The third-order valence-corrected chi connectivity index (χ3v) is 5.95. The van der Waals surface area contributed by atoms with Crippen LogP contribution < -0.4 is 9.80 Å². The van der Waals surface area contributed by atoms with E-state index in [0.29, 0.717) is 19.6 Å². The lowest BCUT2D eigenvalue weighted by Gasteiger charge is -2.45. The van der Waals surface area contributed by atoms with E-state index < -0.39 is 0 Å². The lowest BCUT2D eigenvalue weighted by atomic mass is 10.1. The molecule has 3 saturated heterocycles. The van der Waals surface area contributed by atoms with Crippen LogP contribution in [0.4, 0.5) is 16.6 Å². The molecule has 0 aliphatic carbocycles. The summed E-state index contributed by atoms with van der Waals surface area (Å²) in [6.07, 6.45) is 0.163. The largest absolute Gasteiger partial charge is 0.378 e. The van der Waals surface area contributed by atoms with Crippen molar-refractivity contribution in [2.24, 2.45) is 0 Å². The minimum absolute atomic E-state index is 0.123. The van der Waals surface area contributed by atoms with Crippen molar-refractivity contribution in [1.82, 2.24) is 24.7 Å². The number of ether oxygens (including phenoxy) is 1. The standard InChI is InChI=1S/C19H29N7O3/c1-14-12-15(21-18(20-14)26-8-10-29-11-9-26)24-4-6-25(7-5-24)16-13-17(27)23(3)19(28)22(16)2/h12,16H,4-11,13H2,1-3H3. The number of anilines is 2. The molecule has 3 aliphatic rings. The second-order valence-electron chi connectivity index (χ2n) is 7.82. The Balaban J connectivity index is 1.42. The molecular formula is C19H29N7O3. The molecule has 1 atom stereocenters. The maximum Gasteiger partial charge on any atom is 0.327 e. The summed E-state index contributed by atoms with van der Waals surface area (Å²) in [5.41, 5.74) is 0.949. The monoisotopic (exact) mass is 403 g/mol. The second-order valence-corrected chi connectivity index (χ2v) is 7.82. The molecule has 0 saturated carbocycles. The number of nitrogens with zero attached hydrogens (tertiary/aromatic N) is 7. The molecule has 0 N–H and O–H groups in total. The Labute approximate surface area is 171 Å². The Morgan fingerprint density at radius 3 is 2.34 bits per heavy atom. The molecule has 0 radical (unpaired) electrons. The van der Waals surface area contributed by atoms with Crippen LogP contribution in [0.5, 0.6) is 0 Å². The third kappa shape index (κ3) is 3.99. The molecule has 29 heavy (non-hydrogen) atoms. The smallest absolute Gasteiger partial charge is 0.327 e. The Morgan fingerprint density at radius 1 is 0.966 bits per heavy atom. The van der Waals surface area contributed by atoms with Crippen LogP contribution in [0.2, 0.25) is 0 Å². The predicted molar refractivity (Wildman–Crippen MR) is 108 cm³/mol. The number of imide groups is 1. The van der Waals surface area contributed by atoms with Crippen LogP contribution in [0.25, 0.3) is 0 Å². The van der Waals surface area contributed by atoms with Crippen molar-refractivity contribution in [3.05, 3.63) is 11.8 Å². The highest BCUT2D eigenvalue weighted by atomic mass is 16.5. The third-order valence-electron chi connectivity index (χ3n) is 5.95. The van der Waals surface area contributed by atoms with Crippen molar-refractivity contribution >= 4 is 23.7 Å². The first-order valence-corrected chi connectivity index (χ1v) is 10.1. The van der Waals surface area contributed by atoms with Crippen LogP contribution in [0.3, 0.4) is 0 Å². The van der Waals surface area contributed by atoms with Gasteiger partial charge in [-0.05, 0) is 6.92 Å². The minimum Gasteiger partial charge on any atom is -0.378 e. The first-order chi connectivity index (χ1) is 13.9. The average Bonchev–Trinajstić information content (AvgIpc) is 2.75. The Morgan fingerprint density at radius 2 is 1.66 bits per heavy atom. The maximum atomic E-state index is 12.3. The Kier molecular flexibility index (Phi) is 5.55. The summed E-state index contributed by atoms with van der Waals surface area (Å²) in [6, 6.07) is 1.78. The highest BCUT2D eigenvalue weighted by Gasteiger charge is 2.38. The minimum atomic E-state index is -0.241. The molecule has 10 heteroatoms. The van der Waals surface area contributed by atoms with E-state index in [1.54, 1.807) is 19.0 Å². The van der Waals surface area contributed by atoms with Crippen molar-refractivity contribution in [3.8, 4) is 0 Å². The van der Waals surface area contributed by atoms with E-state index in [-0.39, 0.29) is 18.1 Å². The molecule has 1 aromatic heterocycles. The molecule has 4 heterocycles. The number of carbonyl (C=O) groups excluding carboxylic acids is 2. The van der Waals surface area contributed by atoms with Crippen LogP contribution >= 0.6 is 0 Å². The summed E-state index contributed by atoms with van der Waals surface area (Å²) in [6.45, 7) is 8.14.